The van der Waals surface area contributed by atoms with Gasteiger partial charge in [0.25, 0.3) is 0 Å². The topological polar surface area (TPSA) is 79.2 Å². The molecule has 1 fully saturated rings. The Morgan fingerprint density at radius 2 is 1.61 bits per heavy atom. The van der Waals surface area contributed by atoms with E-state index in [9.17, 15) is 9.59 Å². The number of amides is 1. The maximum Gasteiger partial charge on any atom is 0.338 e. The minimum atomic E-state index is -0.375. The van der Waals surface area contributed by atoms with Crippen LogP contribution < -0.4 is 5.32 Å². The van der Waals surface area contributed by atoms with Gasteiger partial charge in [-0.15, -0.1) is 0 Å². The van der Waals surface area contributed by atoms with Gasteiger partial charge in [0.1, 0.15) is 6.42 Å². The molecule has 0 radical (unpaired) electrons. The summed E-state index contributed by atoms with van der Waals surface area (Å²) in [6, 6.07) is 17.4. The molecule has 1 aliphatic carbocycles. The van der Waals surface area contributed by atoms with Gasteiger partial charge in [0.15, 0.2) is 0 Å². The molecule has 2 aromatic carbocycles. The lowest BCUT2D eigenvalue weighted by atomic mass is 9.87. The normalized spacial score (nSPS) is 14.9. The quantitative estimate of drug-likeness (QED) is 0.761. The third kappa shape index (κ3) is 4.23. The molecule has 0 aliphatic heterocycles. The number of ether oxygens (including phenoxy) is 1. The molecule has 5 nitrogen and oxygen atoms in total. The number of carbonyl (C=O) groups excluding carboxylic acids is 2. The number of rotatable bonds is 6. The van der Waals surface area contributed by atoms with Crippen molar-refractivity contribution in [3.05, 3.63) is 59.7 Å². The van der Waals surface area contributed by atoms with Crippen LogP contribution in [-0.4, -0.2) is 18.5 Å². The number of nitrogens with zero attached hydrogens (tertiary/aromatic N) is 1. The molecule has 144 valence electrons. The maximum atomic E-state index is 12.0. The Morgan fingerprint density at radius 1 is 1.04 bits per heavy atom. The van der Waals surface area contributed by atoms with Crippen molar-refractivity contribution in [3.8, 4) is 17.2 Å². The van der Waals surface area contributed by atoms with E-state index >= 15 is 0 Å². The molecular formula is C23H24N2O3. The van der Waals surface area contributed by atoms with Gasteiger partial charge in [0.2, 0.25) is 5.91 Å². The molecule has 0 unspecified atom stereocenters. The second-order valence-corrected chi connectivity index (χ2v) is 7.05. The lowest BCUT2D eigenvalue weighted by molar-refractivity contribution is -0.122. The van der Waals surface area contributed by atoms with Crippen LogP contribution in [0.1, 0.15) is 54.9 Å². The molecule has 1 N–H and O–H groups in total. The second-order valence-electron chi connectivity index (χ2n) is 7.05. The van der Waals surface area contributed by atoms with Gasteiger partial charge in [-0.25, -0.2) is 4.79 Å². The van der Waals surface area contributed by atoms with E-state index in [1.165, 1.54) is 0 Å². The zero-order valence-electron chi connectivity index (χ0n) is 16.0. The van der Waals surface area contributed by atoms with Crippen LogP contribution in [-0.2, 0) is 15.1 Å². The fraction of sp³-hybridized carbons (Fsp3) is 0.348. The van der Waals surface area contributed by atoms with Crippen LogP contribution in [0.2, 0.25) is 0 Å². The van der Waals surface area contributed by atoms with E-state index in [4.69, 9.17) is 10.00 Å². The summed E-state index contributed by atoms with van der Waals surface area (Å²) in [6.45, 7) is 2.14. The monoisotopic (exact) mass is 376 g/mol. The molecule has 1 amide bonds. The summed E-state index contributed by atoms with van der Waals surface area (Å²) < 4.78 is 5.01. The van der Waals surface area contributed by atoms with Crippen molar-refractivity contribution in [1.82, 2.24) is 5.32 Å². The third-order valence-electron chi connectivity index (χ3n) is 5.24. The minimum absolute atomic E-state index is 0.118. The maximum absolute atomic E-state index is 12.0. The Morgan fingerprint density at radius 3 is 2.14 bits per heavy atom. The summed E-state index contributed by atoms with van der Waals surface area (Å²) in [4.78, 5) is 23.8. The minimum Gasteiger partial charge on any atom is -0.462 e. The van der Waals surface area contributed by atoms with Crippen molar-refractivity contribution in [3.63, 3.8) is 0 Å². The van der Waals surface area contributed by atoms with Crippen LogP contribution >= 0.6 is 0 Å². The number of carbonyl (C=O) groups is 2. The summed E-state index contributed by atoms with van der Waals surface area (Å²) in [5.74, 6) is -0.538. The Labute approximate surface area is 165 Å². The van der Waals surface area contributed by atoms with Gasteiger partial charge in [-0.2, -0.15) is 5.26 Å². The molecule has 0 atom stereocenters. The van der Waals surface area contributed by atoms with Crippen molar-refractivity contribution >= 4 is 11.9 Å². The molecule has 0 heterocycles. The van der Waals surface area contributed by atoms with Gasteiger partial charge in [0.05, 0.1) is 23.8 Å². The van der Waals surface area contributed by atoms with Crippen molar-refractivity contribution in [2.24, 2.45) is 0 Å². The smallest absolute Gasteiger partial charge is 0.338 e. The number of nitrogens with one attached hydrogen (secondary N) is 1. The fourth-order valence-electron chi connectivity index (χ4n) is 3.84. The Balaban J connectivity index is 1.79. The number of esters is 1. The molecule has 0 bridgehead atoms. The number of hydrogen-bond donors (Lipinski definition) is 1. The zero-order valence-corrected chi connectivity index (χ0v) is 16.0. The van der Waals surface area contributed by atoms with Gasteiger partial charge in [-0.1, -0.05) is 49.2 Å². The predicted octanol–water partition coefficient (Wildman–Crippen LogP) is 4.33. The van der Waals surface area contributed by atoms with E-state index in [1.807, 2.05) is 42.5 Å². The predicted molar refractivity (Wildman–Crippen MR) is 106 cm³/mol. The van der Waals surface area contributed by atoms with Gasteiger partial charge in [-0.3, -0.25) is 4.79 Å². The highest BCUT2D eigenvalue weighted by Gasteiger charge is 2.36. The molecule has 0 spiro atoms. The standard InChI is InChI=1S/C23H24N2O3/c1-2-28-22(27)19-7-5-17(6-8-19)18-9-11-20(12-10-18)23(14-3-4-15-23)25-21(26)13-16-24/h5-12H,2-4,13-15H2,1H3,(H,25,26). The molecule has 5 heteroatoms. The molecule has 28 heavy (non-hydrogen) atoms. The average molecular weight is 376 g/mol. The molecule has 3 rings (SSSR count). The number of hydrogen-bond acceptors (Lipinski definition) is 4. The lowest BCUT2D eigenvalue weighted by Crippen LogP contribution is -2.43. The van der Waals surface area contributed by atoms with Crippen molar-refractivity contribution in [2.45, 2.75) is 44.6 Å². The summed E-state index contributed by atoms with van der Waals surface area (Å²) in [6.07, 6.45) is 3.77. The van der Waals surface area contributed by atoms with Crippen LogP contribution in [0.5, 0.6) is 0 Å². The van der Waals surface area contributed by atoms with E-state index in [2.05, 4.69) is 5.32 Å². The van der Waals surface area contributed by atoms with Crippen LogP contribution in [0.4, 0.5) is 0 Å². The molecule has 1 aliphatic rings. The van der Waals surface area contributed by atoms with E-state index < -0.39 is 0 Å². The summed E-state index contributed by atoms with van der Waals surface area (Å²) in [7, 11) is 0. The van der Waals surface area contributed by atoms with Gasteiger partial charge >= 0.3 is 5.97 Å². The second kappa shape index (κ2) is 8.71. The number of nitriles is 1. The summed E-state index contributed by atoms with van der Waals surface area (Å²) in [5.41, 5.74) is 3.28. The SMILES string of the molecule is CCOC(=O)c1ccc(-c2ccc(C3(NC(=O)CC#N)CCCC3)cc2)cc1. The van der Waals surface area contributed by atoms with Crippen molar-refractivity contribution in [2.75, 3.05) is 6.61 Å². The highest BCUT2D eigenvalue weighted by Crippen LogP contribution is 2.39. The van der Waals surface area contributed by atoms with E-state index in [0.29, 0.717) is 12.2 Å². The van der Waals surface area contributed by atoms with Crippen molar-refractivity contribution < 1.29 is 14.3 Å². The molecule has 0 saturated heterocycles. The Kier molecular flexibility index (Phi) is 6.10. The molecule has 0 aromatic heterocycles. The number of benzene rings is 2. The average Bonchev–Trinajstić information content (AvgIpc) is 3.18. The summed E-state index contributed by atoms with van der Waals surface area (Å²) >= 11 is 0. The largest absolute Gasteiger partial charge is 0.462 e. The van der Waals surface area contributed by atoms with Gasteiger partial charge in [-0.05, 0) is 48.6 Å². The van der Waals surface area contributed by atoms with Crippen LogP contribution in [0.25, 0.3) is 11.1 Å². The Hall–Kier alpha value is -3.13. The summed E-state index contributed by atoms with van der Waals surface area (Å²) in [5, 5.41) is 11.9. The van der Waals surface area contributed by atoms with Crippen molar-refractivity contribution in [1.29, 1.82) is 5.26 Å². The highest BCUT2D eigenvalue weighted by atomic mass is 16.5. The fourth-order valence-corrected chi connectivity index (χ4v) is 3.84. The first kappa shape index (κ1) is 19.6. The van der Waals surface area contributed by atoms with E-state index in [-0.39, 0.29) is 23.8 Å². The first-order chi connectivity index (χ1) is 13.6. The lowest BCUT2D eigenvalue weighted by Gasteiger charge is -2.31. The van der Waals surface area contributed by atoms with Crippen LogP contribution in [0, 0.1) is 11.3 Å². The molecule has 2 aromatic rings. The van der Waals surface area contributed by atoms with Gasteiger partial charge < -0.3 is 10.1 Å². The molecule has 1 saturated carbocycles. The third-order valence-corrected chi connectivity index (χ3v) is 5.24. The first-order valence-electron chi connectivity index (χ1n) is 9.64. The zero-order chi connectivity index (χ0) is 20.0. The van der Waals surface area contributed by atoms with Crippen LogP contribution in [0.15, 0.2) is 48.5 Å². The van der Waals surface area contributed by atoms with Crippen LogP contribution in [0.3, 0.4) is 0 Å². The van der Waals surface area contributed by atoms with E-state index in [1.54, 1.807) is 19.1 Å². The molecular weight excluding hydrogens is 352 g/mol. The van der Waals surface area contributed by atoms with Gasteiger partial charge in [0, 0.05) is 0 Å². The highest BCUT2D eigenvalue weighted by molar-refractivity contribution is 5.90. The Bertz CT molecular complexity index is 874. The first-order valence-corrected chi connectivity index (χ1v) is 9.64. The van der Waals surface area contributed by atoms with E-state index in [0.717, 1.165) is 42.4 Å².